The maximum Gasteiger partial charge on any atom is 0.242 e. The molecule has 0 saturated carbocycles. The highest BCUT2D eigenvalue weighted by molar-refractivity contribution is 5.96. The van der Waals surface area contributed by atoms with Gasteiger partial charge in [-0.3, -0.25) is 25.2 Å². The van der Waals surface area contributed by atoms with Crippen molar-refractivity contribution in [3.8, 4) is 0 Å². The minimum atomic E-state index is -0.403. The van der Waals surface area contributed by atoms with Gasteiger partial charge in [0.25, 0.3) is 0 Å². The first-order valence-electron chi connectivity index (χ1n) is 8.72. The SMILES string of the molecule is O=C(CCC1Cc2ccccc2NC1=O)NNC(=O)Cc1ccc(F)cc1. The molecule has 0 bridgehead atoms. The molecule has 2 aromatic carbocycles. The average Bonchev–Trinajstić information content (AvgIpc) is 2.66. The van der Waals surface area contributed by atoms with Gasteiger partial charge in [-0.15, -0.1) is 0 Å². The van der Waals surface area contributed by atoms with Gasteiger partial charge in [-0.1, -0.05) is 30.3 Å². The average molecular weight is 369 g/mol. The summed E-state index contributed by atoms with van der Waals surface area (Å²) in [5, 5.41) is 2.85. The van der Waals surface area contributed by atoms with Gasteiger partial charge in [0.15, 0.2) is 0 Å². The van der Waals surface area contributed by atoms with Gasteiger partial charge in [-0.2, -0.15) is 0 Å². The van der Waals surface area contributed by atoms with E-state index in [9.17, 15) is 18.8 Å². The monoisotopic (exact) mass is 369 g/mol. The van der Waals surface area contributed by atoms with Crippen molar-refractivity contribution in [2.24, 2.45) is 5.92 Å². The van der Waals surface area contributed by atoms with Crippen LogP contribution in [0, 0.1) is 11.7 Å². The molecule has 3 rings (SSSR count). The number of benzene rings is 2. The molecular weight excluding hydrogens is 349 g/mol. The number of carbonyl (C=O) groups is 3. The van der Waals surface area contributed by atoms with Crippen LogP contribution in [0.1, 0.15) is 24.0 Å². The van der Waals surface area contributed by atoms with Crippen LogP contribution in [0.4, 0.5) is 10.1 Å². The van der Waals surface area contributed by atoms with Crippen LogP contribution in [-0.4, -0.2) is 17.7 Å². The van der Waals surface area contributed by atoms with Gasteiger partial charge in [0, 0.05) is 18.0 Å². The standard InChI is InChI=1S/C20H20FN3O3/c21-16-8-5-13(6-9-16)11-19(26)24-23-18(25)10-7-15-12-14-3-1-2-4-17(14)22-20(15)27/h1-6,8-9,15H,7,10-12H2,(H,22,27)(H,23,25)(H,24,26). The lowest BCUT2D eigenvalue weighted by Gasteiger charge is -2.24. The van der Waals surface area contributed by atoms with Crippen molar-refractivity contribution in [3.63, 3.8) is 0 Å². The molecule has 1 aliphatic rings. The zero-order chi connectivity index (χ0) is 19.2. The molecule has 2 aromatic rings. The maximum absolute atomic E-state index is 12.8. The van der Waals surface area contributed by atoms with Crippen LogP contribution in [0.2, 0.25) is 0 Å². The Balaban J connectivity index is 1.41. The van der Waals surface area contributed by atoms with E-state index in [1.54, 1.807) is 0 Å². The highest BCUT2D eigenvalue weighted by atomic mass is 19.1. The second-order valence-corrected chi connectivity index (χ2v) is 6.49. The summed E-state index contributed by atoms with van der Waals surface area (Å²) in [7, 11) is 0. The number of anilines is 1. The molecule has 140 valence electrons. The molecule has 0 spiro atoms. The van der Waals surface area contributed by atoms with Gasteiger partial charge in [-0.25, -0.2) is 4.39 Å². The number of hydrogen-bond donors (Lipinski definition) is 3. The lowest BCUT2D eigenvalue weighted by Crippen LogP contribution is -2.42. The second kappa shape index (κ2) is 8.44. The molecule has 27 heavy (non-hydrogen) atoms. The van der Waals surface area contributed by atoms with E-state index >= 15 is 0 Å². The van der Waals surface area contributed by atoms with E-state index < -0.39 is 5.91 Å². The number of rotatable bonds is 5. The lowest BCUT2D eigenvalue weighted by atomic mass is 9.89. The Hall–Kier alpha value is -3.22. The van der Waals surface area contributed by atoms with E-state index in [2.05, 4.69) is 16.2 Å². The third kappa shape index (κ3) is 5.13. The Bertz CT molecular complexity index is 852. The number of halogens is 1. The number of para-hydroxylation sites is 1. The van der Waals surface area contributed by atoms with Gasteiger partial charge in [0.05, 0.1) is 6.42 Å². The Labute approximate surface area is 156 Å². The summed E-state index contributed by atoms with van der Waals surface area (Å²) in [6.45, 7) is 0. The summed E-state index contributed by atoms with van der Waals surface area (Å²) in [5.41, 5.74) is 7.18. The quantitative estimate of drug-likeness (QED) is 0.706. The molecular formula is C20H20FN3O3. The predicted octanol–water partition coefficient (Wildman–Crippen LogP) is 2.11. The van der Waals surface area contributed by atoms with Gasteiger partial charge < -0.3 is 5.32 Å². The van der Waals surface area contributed by atoms with E-state index in [4.69, 9.17) is 0 Å². The van der Waals surface area contributed by atoms with Crippen LogP contribution < -0.4 is 16.2 Å². The summed E-state index contributed by atoms with van der Waals surface area (Å²) in [5.74, 6) is -1.52. The minimum absolute atomic E-state index is 0.0301. The third-order valence-corrected chi connectivity index (χ3v) is 4.45. The molecule has 1 heterocycles. The molecule has 6 nitrogen and oxygen atoms in total. The number of carbonyl (C=O) groups excluding carboxylic acids is 3. The van der Waals surface area contributed by atoms with E-state index in [1.807, 2.05) is 24.3 Å². The van der Waals surface area contributed by atoms with Crippen molar-refractivity contribution in [3.05, 3.63) is 65.5 Å². The van der Waals surface area contributed by atoms with Gasteiger partial charge in [-0.05, 0) is 42.2 Å². The summed E-state index contributed by atoms with van der Waals surface area (Å²) < 4.78 is 12.8. The first-order valence-corrected chi connectivity index (χ1v) is 8.72. The molecule has 7 heteroatoms. The van der Waals surface area contributed by atoms with E-state index in [1.165, 1.54) is 24.3 Å². The van der Waals surface area contributed by atoms with Gasteiger partial charge in [0.2, 0.25) is 17.7 Å². The molecule has 0 aromatic heterocycles. The fraction of sp³-hybridized carbons (Fsp3) is 0.250. The fourth-order valence-electron chi connectivity index (χ4n) is 2.99. The van der Waals surface area contributed by atoms with Gasteiger partial charge in [0.1, 0.15) is 5.82 Å². The highest BCUT2D eigenvalue weighted by Crippen LogP contribution is 2.27. The molecule has 3 amide bonds. The number of hydrazine groups is 1. The van der Waals surface area contributed by atoms with Crippen molar-refractivity contribution in [2.45, 2.75) is 25.7 Å². The number of fused-ring (bicyclic) bond motifs is 1. The lowest BCUT2D eigenvalue weighted by molar-refractivity contribution is -0.129. The fourth-order valence-corrected chi connectivity index (χ4v) is 2.99. The van der Waals surface area contributed by atoms with Crippen LogP contribution in [0.3, 0.4) is 0 Å². The minimum Gasteiger partial charge on any atom is -0.326 e. The summed E-state index contributed by atoms with van der Waals surface area (Å²) in [6.07, 6.45) is 1.13. The van der Waals surface area contributed by atoms with E-state index in [0.29, 0.717) is 18.4 Å². The van der Waals surface area contributed by atoms with Crippen LogP contribution >= 0.6 is 0 Å². The van der Waals surface area contributed by atoms with Crippen molar-refractivity contribution in [1.29, 1.82) is 0 Å². The Morgan fingerprint density at radius 3 is 2.52 bits per heavy atom. The zero-order valence-electron chi connectivity index (χ0n) is 14.6. The van der Waals surface area contributed by atoms with Crippen molar-refractivity contribution < 1.29 is 18.8 Å². The second-order valence-electron chi connectivity index (χ2n) is 6.49. The van der Waals surface area contributed by atoms with Crippen molar-refractivity contribution in [1.82, 2.24) is 10.9 Å². The Kier molecular flexibility index (Phi) is 5.80. The topological polar surface area (TPSA) is 87.3 Å². The summed E-state index contributed by atoms with van der Waals surface area (Å²) >= 11 is 0. The first kappa shape index (κ1) is 18.6. The highest BCUT2D eigenvalue weighted by Gasteiger charge is 2.26. The normalized spacial score (nSPS) is 15.4. The first-order chi connectivity index (χ1) is 13.0. The van der Waals surface area contributed by atoms with Crippen LogP contribution in [0.25, 0.3) is 0 Å². The van der Waals surface area contributed by atoms with Crippen molar-refractivity contribution in [2.75, 3.05) is 5.32 Å². The molecule has 3 N–H and O–H groups in total. The van der Waals surface area contributed by atoms with Gasteiger partial charge >= 0.3 is 0 Å². The van der Waals surface area contributed by atoms with Crippen LogP contribution in [0.15, 0.2) is 48.5 Å². The molecule has 1 unspecified atom stereocenters. The number of nitrogens with one attached hydrogen (secondary N) is 3. The van der Waals surface area contributed by atoms with Crippen LogP contribution in [-0.2, 0) is 27.2 Å². The molecule has 0 radical (unpaired) electrons. The molecule has 1 aliphatic heterocycles. The van der Waals surface area contributed by atoms with E-state index in [-0.39, 0.29) is 36.4 Å². The summed E-state index contributed by atoms with van der Waals surface area (Å²) in [6, 6.07) is 13.2. The van der Waals surface area contributed by atoms with Crippen molar-refractivity contribution >= 4 is 23.4 Å². The molecule has 0 aliphatic carbocycles. The molecule has 0 saturated heterocycles. The third-order valence-electron chi connectivity index (χ3n) is 4.45. The van der Waals surface area contributed by atoms with E-state index in [0.717, 1.165) is 11.3 Å². The predicted molar refractivity (Wildman–Crippen MR) is 97.9 cm³/mol. The zero-order valence-corrected chi connectivity index (χ0v) is 14.6. The smallest absolute Gasteiger partial charge is 0.242 e. The molecule has 1 atom stereocenters. The Morgan fingerprint density at radius 1 is 1.04 bits per heavy atom. The Morgan fingerprint density at radius 2 is 1.74 bits per heavy atom. The summed E-state index contributed by atoms with van der Waals surface area (Å²) in [4.78, 5) is 35.9. The maximum atomic E-state index is 12.8. The number of hydrogen-bond acceptors (Lipinski definition) is 3. The van der Waals surface area contributed by atoms with Crippen LogP contribution in [0.5, 0.6) is 0 Å². The number of amides is 3. The molecule has 0 fully saturated rings. The largest absolute Gasteiger partial charge is 0.326 e.